The van der Waals surface area contributed by atoms with Crippen LogP contribution in [0, 0.1) is 19.8 Å². The average Bonchev–Trinajstić information content (AvgIpc) is 2.41. The van der Waals surface area contributed by atoms with E-state index in [1.54, 1.807) is 0 Å². The minimum Gasteiger partial charge on any atom is -0.492 e. The number of hydrogen-bond donors (Lipinski definition) is 1. The largest absolute Gasteiger partial charge is 0.492 e. The zero-order valence-electron chi connectivity index (χ0n) is 11.6. The SMILES string of the molecule is Cc1ccc(OCC(N)C2CCCCC2)cc1C. The first-order valence-corrected chi connectivity index (χ1v) is 7.12. The van der Waals surface area contributed by atoms with Gasteiger partial charge in [0, 0.05) is 6.04 Å². The van der Waals surface area contributed by atoms with Crippen LogP contribution in [0.15, 0.2) is 18.2 Å². The third kappa shape index (κ3) is 3.49. The molecule has 2 nitrogen and oxygen atoms in total. The van der Waals surface area contributed by atoms with Crippen LogP contribution in [0.2, 0.25) is 0 Å². The lowest BCUT2D eigenvalue weighted by Gasteiger charge is -2.27. The molecule has 0 amide bonds. The quantitative estimate of drug-likeness (QED) is 0.882. The Balaban J connectivity index is 1.84. The molecule has 1 aromatic rings. The summed E-state index contributed by atoms with van der Waals surface area (Å²) >= 11 is 0. The second kappa shape index (κ2) is 6.24. The molecular weight excluding hydrogens is 222 g/mol. The van der Waals surface area contributed by atoms with Gasteiger partial charge < -0.3 is 10.5 Å². The number of benzene rings is 1. The van der Waals surface area contributed by atoms with E-state index in [1.165, 1.54) is 43.2 Å². The fraction of sp³-hybridized carbons (Fsp3) is 0.625. The van der Waals surface area contributed by atoms with Gasteiger partial charge in [-0.05, 0) is 55.9 Å². The predicted octanol–water partition coefficient (Wildman–Crippen LogP) is 3.59. The van der Waals surface area contributed by atoms with E-state index < -0.39 is 0 Å². The second-order valence-corrected chi connectivity index (χ2v) is 5.62. The zero-order valence-corrected chi connectivity index (χ0v) is 11.6. The first-order chi connectivity index (χ1) is 8.66. The molecule has 0 saturated heterocycles. The van der Waals surface area contributed by atoms with Crippen LogP contribution in [0.1, 0.15) is 43.2 Å². The van der Waals surface area contributed by atoms with E-state index in [2.05, 4.69) is 26.0 Å². The number of aryl methyl sites for hydroxylation is 2. The molecule has 1 aliphatic carbocycles. The fourth-order valence-electron chi connectivity index (χ4n) is 2.69. The summed E-state index contributed by atoms with van der Waals surface area (Å²) in [4.78, 5) is 0. The number of ether oxygens (including phenoxy) is 1. The molecule has 0 radical (unpaired) electrons. The van der Waals surface area contributed by atoms with Crippen molar-refractivity contribution in [2.45, 2.75) is 52.0 Å². The Morgan fingerprint density at radius 2 is 1.89 bits per heavy atom. The van der Waals surface area contributed by atoms with Gasteiger partial charge >= 0.3 is 0 Å². The standard InChI is InChI=1S/C16H25NO/c1-12-8-9-15(10-13(12)2)18-11-16(17)14-6-4-3-5-7-14/h8-10,14,16H,3-7,11,17H2,1-2H3. The first kappa shape index (κ1) is 13.4. The normalized spacial score (nSPS) is 18.6. The molecular formula is C16H25NO. The van der Waals surface area contributed by atoms with E-state index >= 15 is 0 Å². The predicted molar refractivity (Wildman–Crippen MR) is 76.0 cm³/mol. The van der Waals surface area contributed by atoms with Crippen LogP contribution in [0.25, 0.3) is 0 Å². The maximum atomic E-state index is 6.24. The van der Waals surface area contributed by atoms with Gasteiger partial charge in [0.15, 0.2) is 0 Å². The van der Waals surface area contributed by atoms with E-state index in [0.29, 0.717) is 12.5 Å². The van der Waals surface area contributed by atoms with Gasteiger partial charge in [-0.3, -0.25) is 0 Å². The maximum Gasteiger partial charge on any atom is 0.119 e. The van der Waals surface area contributed by atoms with Crippen LogP contribution in [0.3, 0.4) is 0 Å². The van der Waals surface area contributed by atoms with Crippen molar-refractivity contribution < 1.29 is 4.74 Å². The molecule has 0 aromatic heterocycles. The summed E-state index contributed by atoms with van der Waals surface area (Å²) in [6.45, 7) is 4.88. The van der Waals surface area contributed by atoms with E-state index in [0.717, 1.165) is 5.75 Å². The molecule has 2 rings (SSSR count). The molecule has 0 spiro atoms. The lowest BCUT2D eigenvalue weighted by atomic mass is 9.84. The molecule has 1 aliphatic rings. The molecule has 1 saturated carbocycles. The number of nitrogens with two attached hydrogens (primary N) is 1. The molecule has 0 bridgehead atoms. The van der Waals surface area contributed by atoms with E-state index in [9.17, 15) is 0 Å². The van der Waals surface area contributed by atoms with Gasteiger partial charge in [0.25, 0.3) is 0 Å². The Kier molecular flexibility index (Phi) is 4.65. The van der Waals surface area contributed by atoms with Gasteiger partial charge in [0.05, 0.1) is 0 Å². The van der Waals surface area contributed by atoms with Crippen molar-refractivity contribution >= 4 is 0 Å². The lowest BCUT2D eigenvalue weighted by Crippen LogP contribution is -2.37. The summed E-state index contributed by atoms with van der Waals surface area (Å²) in [5.41, 5.74) is 8.82. The molecule has 2 N–H and O–H groups in total. The minimum absolute atomic E-state index is 0.187. The van der Waals surface area contributed by atoms with Gasteiger partial charge in [-0.25, -0.2) is 0 Å². The highest BCUT2D eigenvalue weighted by Gasteiger charge is 2.20. The Bertz CT molecular complexity index is 383. The maximum absolute atomic E-state index is 6.24. The third-order valence-electron chi connectivity index (χ3n) is 4.18. The van der Waals surface area contributed by atoms with Crippen molar-refractivity contribution in [3.63, 3.8) is 0 Å². The van der Waals surface area contributed by atoms with Crippen LogP contribution in [-0.2, 0) is 0 Å². The summed E-state index contributed by atoms with van der Waals surface area (Å²) in [7, 11) is 0. The number of rotatable bonds is 4. The molecule has 0 aliphatic heterocycles. The van der Waals surface area contributed by atoms with Crippen LogP contribution < -0.4 is 10.5 Å². The molecule has 2 heteroatoms. The summed E-state index contributed by atoms with van der Waals surface area (Å²) in [5.74, 6) is 1.61. The van der Waals surface area contributed by atoms with Gasteiger partial charge in [0.2, 0.25) is 0 Å². The monoisotopic (exact) mass is 247 g/mol. The van der Waals surface area contributed by atoms with E-state index in [1.807, 2.05) is 6.07 Å². The molecule has 0 heterocycles. The van der Waals surface area contributed by atoms with Gasteiger partial charge in [0.1, 0.15) is 12.4 Å². The average molecular weight is 247 g/mol. The highest BCUT2D eigenvalue weighted by Crippen LogP contribution is 2.26. The van der Waals surface area contributed by atoms with Crippen molar-refractivity contribution in [2.75, 3.05) is 6.61 Å². The summed E-state index contributed by atoms with van der Waals surface area (Å²) in [5, 5.41) is 0. The Morgan fingerprint density at radius 1 is 1.17 bits per heavy atom. The van der Waals surface area contributed by atoms with E-state index in [4.69, 9.17) is 10.5 Å². The molecule has 18 heavy (non-hydrogen) atoms. The fourth-order valence-corrected chi connectivity index (χ4v) is 2.69. The molecule has 1 aromatic carbocycles. The van der Waals surface area contributed by atoms with E-state index in [-0.39, 0.29) is 6.04 Å². The lowest BCUT2D eigenvalue weighted by molar-refractivity contribution is 0.214. The van der Waals surface area contributed by atoms with Crippen LogP contribution in [0.5, 0.6) is 5.75 Å². The molecule has 1 fully saturated rings. The summed E-state index contributed by atoms with van der Waals surface area (Å²) in [6, 6.07) is 6.43. The second-order valence-electron chi connectivity index (χ2n) is 5.62. The topological polar surface area (TPSA) is 35.2 Å². The van der Waals surface area contributed by atoms with Gasteiger partial charge in [-0.15, -0.1) is 0 Å². The smallest absolute Gasteiger partial charge is 0.119 e. The summed E-state index contributed by atoms with van der Waals surface area (Å²) in [6.07, 6.45) is 6.60. The van der Waals surface area contributed by atoms with Gasteiger partial charge in [-0.2, -0.15) is 0 Å². The van der Waals surface area contributed by atoms with Crippen molar-refractivity contribution in [1.29, 1.82) is 0 Å². The molecule has 100 valence electrons. The Labute approximate surface area is 111 Å². The van der Waals surface area contributed by atoms with Crippen LogP contribution in [-0.4, -0.2) is 12.6 Å². The Morgan fingerprint density at radius 3 is 2.56 bits per heavy atom. The summed E-state index contributed by atoms with van der Waals surface area (Å²) < 4.78 is 5.83. The molecule has 1 atom stereocenters. The Hall–Kier alpha value is -1.02. The van der Waals surface area contributed by atoms with Crippen LogP contribution >= 0.6 is 0 Å². The number of hydrogen-bond acceptors (Lipinski definition) is 2. The van der Waals surface area contributed by atoms with Crippen molar-refractivity contribution in [3.8, 4) is 5.75 Å². The van der Waals surface area contributed by atoms with Crippen molar-refractivity contribution in [3.05, 3.63) is 29.3 Å². The van der Waals surface area contributed by atoms with Crippen molar-refractivity contribution in [2.24, 2.45) is 11.7 Å². The first-order valence-electron chi connectivity index (χ1n) is 7.12. The third-order valence-corrected chi connectivity index (χ3v) is 4.18. The highest BCUT2D eigenvalue weighted by molar-refractivity contribution is 5.33. The van der Waals surface area contributed by atoms with Crippen LogP contribution in [0.4, 0.5) is 0 Å². The van der Waals surface area contributed by atoms with Gasteiger partial charge in [-0.1, -0.05) is 25.3 Å². The minimum atomic E-state index is 0.187. The van der Waals surface area contributed by atoms with Crippen molar-refractivity contribution in [1.82, 2.24) is 0 Å². The highest BCUT2D eigenvalue weighted by atomic mass is 16.5. The molecule has 1 unspecified atom stereocenters. The zero-order chi connectivity index (χ0) is 13.0.